The van der Waals surface area contributed by atoms with Gasteiger partial charge < -0.3 is 4.74 Å². The summed E-state index contributed by atoms with van der Waals surface area (Å²) in [6, 6.07) is 29.4. The highest BCUT2D eigenvalue weighted by atomic mass is 16.5. The van der Waals surface area contributed by atoms with Gasteiger partial charge in [0.1, 0.15) is 6.61 Å². The first-order chi connectivity index (χ1) is 12.3. The van der Waals surface area contributed by atoms with Gasteiger partial charge >= 0.3 is 6.09 Å². The Balaban J connectivity index is 1.73. The number of para-hydroxylation sites is 1. The van der Waals surface area contributed by atoms with Gasteiger partial charge in [-0.15, -0.1) is 0 Å². The van der Waals surface area contributed by atoms with Crippen molar-refractivity contribution in [2.45, 2.75) is 6.61 Å². The molecule has 3 nitrogen and oxygen atoms in total. The van der Waals surface area contributed by atoms with Gasteiger partial charge in [0.2, 0.25) is 0 Å². The Bertz CT molecular complexity index is 1000. The van der Waals surface area contributed by atoms with Crippen LogP contribution < -0.4 is 0 Å². The van der Waals surface area contributed by atoms with Crippen molar-refractivity contribution < 1.29 is 9.53 Å². The van der Waals surface area contributed by atoms with E-state index in [-0.39, 0.29) is 12.7 Å². The zero-order valence-corrected chi connectivity index (χ0v) is 13.6. The molecule has 0 radical (unpaired) electrons. The summed E-state index contributed by atoms with van der Waals surface area (Å²) in [6.07, 6.45) is -0.371. The van der Waals surface area contributed by atoms with Crippen LogP contribution in [0.2, 0.25) is 0 Å². The summed E-state index contributed by atoms with van der Waals surface area (Å²) in [6.45, 7) is 0.250. The van der Waals surface area contributed by atoms with Crippen molar-refractivity contribution >= 4 is 17.0 Å². The lowest BCUT2D eigenvalue weighted by Crippen LogP contribution is -2.14. The molecular weight excluding hydrogens is 310 g/mol. The smallest absolute Gasteiger partial charge is 0.419 e. The highest BCUT2D eigenvalue weighted by Crippen LogP contribution is 2.28. The minimum Gasteiger partial charge on any atom is -0.444 e. The number of carbonyl (C=O) groups excluding carboxylic acids is 1. The van der Waals surface area contributed by atoms with Crippen LogP contribution in [0.3, 0.4) is 0 Å². The Kier molecular flexibility index (Phi) is 4.05. The molecule has 1 heterocycles. The van der Waals surface area contributed by atoms with Crippen molar-refractivity contribution in [1.82, 2.24) is 4.57 Å². The lowest BCUT2D eigenvalue weighted by Gasteiger charge is -2.10. The van der Waals surface area contributed by atoms with Gasteiger partial charge in [-0.2, -0.15) is 0 Å². The third-order valence-electron chi connectivity index (χ3n) is 4.17. The molecule has 3 aromatic carbocycles. The summed E-state index contributed by atoms with van der Waals surface area (Å²) >= 11 is 0. The van der Waals surface area contributed by atoms with Crippen molar-refractivity contribution in [2.24, 2.45) is 0 Å². The second-order valence-electron chi connectivity index (χ2n) is 5.83. The molecule has 0 saturated carbocycles. The lowest BCUT2D eigenvalue weighted by molar-refractivity contribution is 0.143. The molecule has 0 fully saturated rings. The van der Waals surface area contributed by atoms with E-state index in [4.69, 9.17) is 4.74 Å². The summed E-state index contributed by atoms with van der Waals surface area (Å²) in [7, 11) is 0. The van der Waals surface area contributed by atoms with Gasteiger partial charge in [0, 0.05) is 5.39 Å². The molecule has 3 heteroatoms. The first-order valence-electron chi connectivity index (χ1n) is 8.20. The highest BCUT2D eigenvalue weighted by molar-refractivity contribution is 5.96. The minimum absolute atomic E-state index is 0.250. The van der Waals surface area contributed by atoms with Gasteiger partial charge in [-0.25, -0.2) is 9.36 Å². The standard InChI is InChI=1S/C22H17NO2/c24-22(25-16-17-9-3-1-4-10-17)23-20-14-8-7-13-19(20)15-21(23)18-11-5-2-6-12-18/h1-15H,16H2. The van der Waals surface area contributed by atoms with Crippen LogP contribution in [0, 0.1) is 0 Å². The normalized spacial score (nSPS) is 10.7. The number of rotatable bonds is 3. The topological polar surface area (TPSA) is 31.2 Å². The lowest BCUT2D eigenvalue weighted by atomic mass is 10.1. The number of benzene rings is 3. The molecule has 0 aliphatic rings. The summed E-state index contributed by atoms with van der Waals surface area (Å²) in [4.78, 5) is 12.8. The highest BCUT2D eigenvalue weighted by Gasteiger charge is 2.17. The SMILES string of the molecule is O=C(OCc1ccccc1)n1c(-c2ccccc2)cc2ccccc21. The maximum absolute atomic E-state index is 12.8. The first kappa shape index (κ1) is 15.2. The van der Waals surface area contributed by atoms with Crippen molar-refractivity contribution in [3.63, 3.8) is 0 Å². The predicted octanol–water partition coefficient (Wildman–Crippen LogP) is 5.49. The fraction of sp³-hybridized carbons (Fsp3) is 0.0455. The van der Waals surface area contributed by atoms with Crippen molar-refractivity contribution in [1.29, 1.82) is 0 Å². The van der Waals surface area contributed by atoms with Crippen LogP contribution in [0.5, 0.6) is 0 Å². The third-order valence-corrected chi connectivity index (χ3v) is 4.17. The van der Waals surface area contributed by atoms with Gasteiger partial charge in [-0.1, -0.05) is 78.9 Å². The Morgan fingerprint density at radius 1 is 0.800 bits per heavy atom. The maximum Gasteiger partial charge on any atom is 0.419 e. The van der Waals surface area contributed by atoms with Crippen LogP contribution >= 0.6 is 0 Å². The summed E-state index contributed by atoms with van der Waals surface area (Å²) < 4.78 is 7.21. The maximum atomic E-state index is 12.8. The Morgan fingerprint density at radius 3 is 2.20 bits per heavy atom. The third kappa shape index (κ3) is 3.04. The largest absolute Gasteiger partial charge is 0.444 e. The van der Waals surface area contributed by atoms with Crippen LogP contribution in [-0.2, 0) is 11.3 Å². The number of carbonyl (C=O) groups is 1. The van der Waals surface area contributed by atoms with Gasteiger partial charge in [-0.3, -0.25) is 0 Å². The molecule has 25 heavy (non-hydrogen) atoms. The van der Waals surface area contributed by atoms with E-state index >= 15 is 0 Å². The Labute approximate surface area is 146 Å². The molecule has 0 N–H and O–H groups in total. The first-order valence-corrected chi connectivity index (χ1v) is 8.20. The molecule has 0 spiro atoms. The average Bonchev–Trinajstić information content (AvgIpc) is 3.07. The van der Waals surface area contributed by atoms with E-state index in [2.05, 4.69) is 0 Å². The molecule has 0 bridgehead atoms. The quantitative estimate of drug-likeness (QED) is 0.498. The van der Waals surface area contributed by atoms with E-state index in [1.165, 1.54) is 0 Å². The molecule has 4 rings (SSSR count). The molecule has 0 unspecified atom stereocenters. The molecule has 4 aromatic rings. The second kappa shape index (κ2) is 6.65. The van der Waals surface area contributed by atoms with E-state index in [0.717, 1.165) is 27.7 Å². The summed E-state index contributed by atoms with van der Waals surface area (Å²) in [5.74, 6) is 0. The zero-order chi connectivity index (χ0) is 17.1. The summed E-state index contributed by atoms with van der Waals surface area (Å²) in [5.41, 5.74) is 3.63. The van der Waals surface area contributed by atoms with E-state index in [1.807, 2.05) is 91.0 Å². The van der Waals surface area contributed by atoms with E-state index in [1.54, 1.807) is 4.57 Å². The van der Waals surface area contributed by atoms with E-state index in [9.17, 15) is 4.79 Å². The van der Waals surface area contributed by atoms with Crippen LogP contribution in [-0.4, -0.2) is 10.7 Å². The molecule has 0 amide bonds. The van der Waals surface area contributed by atoms with Gasteiger partial charge in [-0.05, 0) is 23.3 Å². The van der Waals surface area contributed by atoms with Crippen LogP contribution in [0.15, 0.2) is 91.0 Å². The van der Waals surface area contributed by atoms with Crippen LogP contribution in [0.25, 0.3) is 22.2 Å². The molecule has 1 aromatic heterocycles. The fourth-order valence-electron chi connectivity index (χ4n) is 2.96. The number of hydrogen-bond donors (Lipinski definition) is 0. The summed E-state index contributed by atoms with van der Waals surface area (Å²) in [5, 5.41) is 1.01. The molecule has 0 aliphatic heterocycles. The number of aromatic nitrogens is 1. The zero-order valence-electron chi connectivity index (χ0n) is 13.6. The number of ether oxygens (including phenoxy) is 1. The van der Waals surface area contributed by atoms with Crippen LogP contribution in [0.1, 0.15) is 5.56 Å². The second-order valence-corrected chi connectivity index (χ2v) is 5.83. The van der Waals surface area contributed by atoms with E-state index < -0.39 is 0 Å². The fourth-order valence-corrected chi connectivity index (χ4v) is 2.96. The molecule has 0 saturated heterocycles. The van der Waals surface area contributed by atoms with Crippen molar-refractivity contribution in [3.05, 3.63) is 96.6 Å². The molecular formula is C22H17NO2. The Morgan fingerprint density at radius 2 is 1.44 bits per heavy atom. The number of fused-ring (bicyclic) bond motifs is 1. The Hall–Kier alpha value is -3.33. The average molecular weight is 327 g/mol. The van der Waals surface area contributed by atoms with Gasteiger partial charge in [0.15, 0.2) is 0 Å². The van der Waals surface area contributed by atoms with E-state index in [0.29, 0.717) is 0 Å². The molecule has 122 valence electrons. The van der Waals surface area contributed by atoms with Crippen molar-refractivity contribution in [3.8, 4) is 11.3 Å². The monoisotopic (exact) mass is 327 g/mol. The molecule has 0 aliphatic carbocycles. The number of hydrogen-bond acceptors (Lipinski definition) is 2. The van der Waals surface area contributed by atoms with Crippen LogP contribution in [0.4, 0.5) is 4.79 Å². The van der Waals surface area contributed by atoms with Crippen molar-refractivity contribution in [2.75, 3.05) is 0 Å². The van der Waals surface area contributed by atoms with Gasteiger partial charge in [0.05, 0.1) is 11.2 Å². The minimum atomic E-state index is -0.371. The van der Waals surface area contributed by atoms with Gasteiger partial charge in [0.25, 0.3) is 0 Å². The molecule has 0 atom stereocenters. The number of nitrogens with zero attached hydrogens (tertiary/aromatic N) is 1. The predicted molar refractivity (Wildman–Crippen MR) is 99.4 cm³/mol.